The van der Waals surface area contributed by atoms with Crippen LogP contribution in [0.25, 0.3) is 33.1 Å². The van der Waals surface area contributed by atoms with Crippen LogP contribution >= 0.6 is 0 Å². The van der Waals surface area contributed by atoms with Gasteiger partial charge in [-0.15, -0.1) is 0 Å². The van der Waals surface area contributed by atoms with E-state index in [-0.39, 0.29) is 5.41 Å². The fourth-order valence-electron chi connectivity index (χ4n) is 5.67. The van der Waals surface area contributed by atoms with E-state index in [4.69, 9.17) is 4.42 Å². The number of benzene rings is 5. The Morgan fingerprint density at radius 3 is 1.78 bits per heavy atom. The minimum Gasteiger partial charge on any atom is -0.456 e. The van der Waals surface area contributed by atoms with Gasteiger partial charge < -0.3 is 4.42 Å². The topological polar surface area (TPSA) is 13.1 Å². The molecule has 5 aromatic carbocycles. The molecule has 0 radical (unpaired) electrons. The van der Waals surface area contributed by atoms with E-state index in [1.165, 1.54) is 33.4 Å². The van der Waals surface area contributed by atoms with Crippen molar-refractivity contribution in [2.45, 2.75) is 5.41 Å². The number of hydrogen-bond acceptors (Lipinski definition) is 1. The lowest BCUT2D eigenvalue weighted by molar-refractivity contribution is 0.665. The van der Waals surface area contributed by atoms with Gasteiger partial charge in [-0.1, -0.05) is 109 Å². The molecule has 1 aromatic heterocycles. The lowest BCUT2D eigenvalue weighted by Crippen LogP contribution is -2.28. The molecule has 1 aliphatic carbocycles. The predicted octanol–water partition coefficient (Wildman–Crippen LogP) is 7.95. The lowest BCUT2D eigenvalue weighted by atomic mass is 9.67. The number of rotatable bonds is 2. The van der Waals surface area contributed by atoms with Gasteiger partial charge in [0.1, 0.15) is 11.2 Å². The third-order valence-corrected chi connectivity index (χ3v) is 6.97. The van der Waals surface area contributed by atoms with Gasteiger partial charge in [-0.3, -0.25) is 0 Å². The molecule has 0 N–H and O–H groups in total. The first-order valence-corrected chi connectivity index (χ1v) is 11.0. The van der Waals surface area contributed by atoms with E-state index in [1.54, 1.807) is 0 Å². The molecule has 0 amide bonds. The lowest BCUT2D eigenvalue weighted by Gasteiger charge is -2.33. The summed E-state index contributed by atoms with van der Waals surface area (Å²) in [6.07, 6.45) is 0. The molecular weight excluding hydrogens is 388 g/mol. The molecule has 0 saturated carbocycles. The maximum atomic E-state index is 6.31. The van der Waals surface area contributed by atoms with Crippen molar-refractivity contribution < 1.29 is 4.42 Å². The van der Waals surface area contributed by atoms with Crippen LogP contribution in [0.2, 0.25) is 0 Å². The molecule has 0 saturated heterocycles. The molecule has 32 heavy (non-hydrogen) atoms. The van der Waals surface area contributed by atoms with Gasteiger partial charge in [-0.2, -0.15) is 0 Å². The normalized spacial score (nSPS) is 13.9. The molecule has 7 rings (SSSR count). The van der Waals surface area contributed by atoms with Gasteiger partial charge in [0.05, 0.1) is 5.41 Å². The Kier molecular flexibility index (Phi) is 3.54. The largest absolute Gasteiger partial charge is 0.456 e. The zero-order chi connectivity index (χ0) is 21.1. The Morgan fingerprint density at radius 2 is 1.03 bits per heavy atom. The molecule has 1 nitrogen and oxygen atoms in total. The SMILES string of the molecule is c1ccc(C2(c3ccc4c(c3)oc3ccccc34)c3ccccc3-c3ccccc32)cc1. The highest BCUT2D eigenvalue weighted by atomic mass is 16.3. The first-order chi connectivity index (χ1) is 15.9. The van der Waals surface area contributed by atoms with Gasteiger partial charge in [-0.25, -0.2) is 0 Å². The minimum atomic E-state index is -0.387. The third kappa shape index (κ3) is 2.18. The first-order valence-electron chi connectivity index (χ1n) is 11.0. The van der Waals surface area contributed by atoms with Gasteiger partial charge in [0.25, 0.3) is 0 Å². The molecule has 1 heterocycles. The van der Waals surface area contributed by atoms with Crippen molar-refractivity contribution in [2.24, 2.45) is 0 Å². The summed E-state index contributed by atoms with van der Waals surface area (Å²) in [4.78, 5) is 0. The second-order valence-corrected chi connectivity index (χ2v) is 8.52. The quantitative estimate of drug-likeness (QED) is 0.283. The van der Waals surface area contributed by atoms with Crippen molar-refractivity contribution in [3.8, 4) is 11.1 Å². The highest BCUT2D eigenvalue weighted by molar-refractivity contribution is 6.05. The maximum Gasteiger partial charge on any atom is 0.135 e. The summed E-state index contributed by atoms with van der Waals surface area (Å²) in [5.74, 6) is 0. The van der Waals surface area contributed by atoms with Crippen molar-refractivity contribution >= 4 is 21.9 Å². The zero-order valence-corrected chi connectivity index (χ0v) is 17.5. The van der Waals surface area contributed by atoms with Gasteiger partial charge in [0, 0.05) is 10.8 Å². The van der Waals surface area contributed by atoms with Crippen molar-refractivity contribution in [1.82, 2.24) is 0 Å². The molecular formula is C31H20O. The Bertz CT molecular complexity index is 1580. The Balaban J connectivity index is 1.63. The highest BCUT2D eigenvalue weighted by Crippen LogP contribution is 2.56. The van der Waals surface area contributed by atoms with Crippen LogP contribution in [-0.2, 0) is 5.41 Å². The van der Waals surface area contributed by atoms with Crippen molar-refractivity contribution in [3.05, 3.63) is 144 Å². The maximum absolute atomic E-state index is 6.31. The average Bonchev–Trinajstić information content (AvgIpc) is 3.38. The molecule has 0 fully saturated rings. The number of para-hydroxylation sites is 1. The molecule has 150 valence electrons. The summed E-state index contributed by atoms with van der Waals surface area (Å²) in [6, 6.07) is 43.6. The van der Waals surface area contributed by atoms with E-state index < -0.39 is 0 Å². The van der Waals surface area contributed by atoms with E-state index >= 15 is 0 Å². The highest BCUT2D eigenvalue weighted by Gasteiger charge is 2.45. The van der Waals surface area contributed by atoms with Crippen LogP contribution in [0.1, 0.15) is 22.3 Å². The van der Waals surface area contributed by atoms with Gasteiger partial charge in [0.2, 0.25) is 0 Å². The molecule has 0 aliphatic heterocycles. The van der Waals surface area contributed by atoms with Crippen molar-refractivity contribution in [2.75, 3.05) is 0 Å². The minimum absolute atomic E-state index is 0.387. The standard InChI is InChI=1S/C31H20O/c1-2-10-21(11-3-1)31(27-15-7-4-12-23(27)24-13-5-8-16-28(24)31)22-18-19-26-25-14-6-9-17-29(25)32-30(26)20-22/h1-20H. The molecule has 0 unspecified atom stereocenters. The summed E-state index contributed by atoms with van der Waals surface area (Å²) < 4.78 is 6.31. The van der Waals surface area contributed by atoms with Gasteiger partial charge in [0.15, 0.2) is 0 Å². The van der Waals surface area contributed by atoms with Crippen molar-refractivity contribution in [3.63, 3.8) is 0 Å². The summed E-state index contributed by atoms with van der Waals surface area (Å²) in [5.41, 5.74) is 9.22. The zero-order valence-electron chi connectivity index (χ0n) is 17.5. The fraction of sp³-hybridized carbons (Fsp3) is 0.0323. The summed E-state index contributed by atoms with van der Waals surface area (Å²) in [7, 11) is 0. The molecule has 0 bridgehead atoms. The number of fused-ring (bicyclic) bond motifs is 6. The van der Waals surface area contributed by atoms with E-state index in [0.717, 1.165) is 21.9 Å². The molecule has 0 spiro atoms. The summed E-state index contributed by atoms with van der Waals surface area (Å²) in [5, 5.41) is 2.32. The Morgan fingerprint density at radius 1 is 0.438 bits per heavy atom. The van der Waals surface area contributed by atoms with Crippen molar-refractivity contribution in [1.29, 1.82) is 0 Å². The van der Waals surface area contributed by atoms with Crippen LogP contribution in [-0.4, -0.2) is 0 Å². The van der Waals surface area contributed by atoms with Gasteiger partial charge >= 0.3 is 0 Å². The van der Waals surface area contributed by atoms with E-state index in [1.807, 2.05) is 12.1 Å². The molecule has 1 aliphatic rings. The number of hydrogen-bond donors (Lipinski definition) is 0. The van der Waals surface area contributed by atoms with Crippen LogP contribution in [0.4, 0.5) is 0 Å². The molecule has 6 aromatic rings. The first kappa shape index (κ1) is 17.6. The summed E-state index contributed by atoms with van der Waals surface area (Å²) in [6.45, 7) is 0. The van der Waals surface area contributed by atoms with E-state index in [0.29, 0.717) is 0 Å². The molecule has 0 atom stereocenters. The third-order valence-electron chi connectivity index (χ3n) is 6.97. The van der Waals surface area contributed by atoms with Crippen LogP contribution in [0.15, 0.2) is 126 Å². The van der Waals surface area contributed by atoms with E-state index in [9.17, 15) is 0 Å². The van der Waals surface area contributed by atoms with Crippen LogP contribution in [0.5, 0.6) is 0 Å². The average molecular weight is 409 g/mol. The predicted molar refractivity (Wildman–Crippen MR) is 131 cm³/mol. The monoisotopic (exact) mass is 408 g/mol. The number of furan rings is 1. The van der Waals surface area contributed by atoms with Gasteiger partial charge in [-0.05, 0) is 45.5 Å². The van der Waals surface area contributed by atoms with Crippen LogP contribution < -0.4 is 0 Å². The molecule has 1 heteroatoms. The van der Waals surface area contributed by atoms with E-state index in [2.05, 4.69) is 109 Å². The Hall–Kier alpha value is -4.10. The Labute approximate surface area is 186 Å². The van der Waals surface area contributed by atoms with Crippen LogP contribution in [0.3, 0.4) is 0 Å². The second-order valence-electron chi connectivity index (χ2n) is 8.52. The van der Waals surface area contributed by atoms with Crippen LogP contribution in [0, 0.1) is 0 Å². The summed E-state index contributed by atoms with van der Waals surface area (Å²) >= 11 is 0. The second kappa shape index (κ2) is 6.45. The fourth-order valence-corrected chi connectivity index (χ4v) is 5.67. The smallest absolute Gasteiger partial charge is 0.135 e.